The first kappa shape index (κ1) is 10.1. The minimum absolute atomic E-state index is 0.150. The van der Waals surface area contributed by atoms with Gasteiger partial charge in [-0.25, -0.2) is 5.84 Å². The third-order valence-corrected chi connectivity index (χ3v) is 1.69. The van der Waals surface area contributed by atoms with E-state index in [1.54, 1.807) is 6.07 Å². The fourth-order valence-corrected chi connectivity index (χ4v) is 1.11. The Labute approximate surface area is 81.7 Å². The van der Waals surface area contributed by atoms with Gasteiger partial charge in [-0.3, -0.25) is 4.99 Å². The van der Waals surface area contributed by atoms with E-state index in [1.165, 1.54) is 6.26 Å². The highest BCUT2D eigenvalue weighted by atomic mass is 35.5. The Morgan fingerprint density at radius 3 is 2.77 bits per heavy atom. The summed E-state index contributed by atoms with van der Waals surface area (Å²) in [6.45, 7) is 3.90. The van der Waals surface area contributed by atoms with E-state index in [0.717, 1.165) is 0 Å². The molecule has 0 fully saturated rings. The Kier molecular flexibility index (Phi) is 3.33. The molecule has 13 heavy (non-hydrogen) atoms. The smallest absolute Gasteiger partial charge is 0.203 e. The monoisotopic (exact) mass is 201 g/mol. The Balaban J connectivity index is 2.97. The standard InChI is InChI=1S/C8H12ClN3O/c1-5(2)11-8(12-10)6-3-4-13-7(6)9/h3-5H,10H2,1-2H3,(H,11,12). The van der Waals surface area contributed by atoms with E-state index in [-0.39, 0.29) is 11.3 Å². The fourth-order valence-electron chi connectivity index (χ4n) is 0.906. The van der Waals surface area contributed by atoms with Crippen LogP contribution in [0.25, 0.3) is 0 Å². The zero-order valence-corrected chi connectivity index (χ0v) is 8.30. The van der Waals surface area contributed by atoms with Crippen LogP contribution < -0.4 is 11.3 Å². The van der Waals surface area contributed by atoms with Crippen LogP contribution in [0.3, 0.4) is 0 Å². The molecule has 0 spiro atoms. The molecule has 72 valence electrons. The number of furan rings is 1. The molecule has 0 aromatic carbocycles. The fraction of sp³-hybridized carbons (Fsp3) is 0.375. The van der Waals surface area contributed by atoms with Crippen molar-refractivity contribution < 1.29 is 4.42 Å². The summed E-state index contributed by atoms with van der Waals surface area (Å²) < 4.78 is 4.92. The van der Waals surface area contributed by atoms with E-state index in [1.807, 2.05) is 13.8 Å². The highest BCUT2D eigenvalue weighted by Crippen LogP contribution is 2.16. The molecule has 0 saturated heterocycles. The molecule has 5 heteroatoms. The normalized spacial score (nSPS) is 12.2. The Morgan fingerprint density at radius 2 is 2.38 bits per heavy atom. The SMILES string of the molecule is CC(C)N=C(NN)c1ccoc1Cl. The molecule has 0 saturated carbocycles. The number of nitrogens with two attached hydrogens (primary N) is 1. The van der Waals surface area contributed by atoms with Gasteiger partial charge in [0.1, 0.15) is 5.84 Å². The highest BCUT2D eigenvalue weighted by molar-refractivity contribution is 6.32. The molecule has 0 unspecified atom stereocenters. The second-order valence-electron chi connectivity index (χ2n) is 2.82. The van der Waals surface area contributed by atoms with Crippen LogP contribution in [0.1, 0.15) is 19.4 Å². The molecule has 3 N–H and O–H groups in total. The van der Waals surface area contributed by atoms with Crippen molar-refractivity contribution in [1.82, 2.24) is 5.43 Å². The number of hydrazine groups is 1. The zero-order valence-electron chi connectivity index (χ0n) is 7.54. The number of nitrogens with one attached hydrogen (secondary N) is 1. The van der Waals surface area contributed by atoms with E-state index >= 15 is 0 Å². The Morgan fingerprint density at radius 1 is 1.69 bits per heavy atom. The molecular formula is C8H12ClN3O. The van der Waals surface area contributed by atoms with Crippen molar-refractivity contribution in [3.63, 3.8) is 0 Å². The molecule has 0 atom stereocenters. The lowest BCUT2D eigenvalue weighted by Crippen LogP contribution is -2.31. The van der Waals surface area contributed by atoms with Gasteiger partial charge in [-0.2, -0.15) is 0 Å². The van der Waals surface area contributed by atoms with Crippen molar-refractivity contribution in [2.75, 3.05) is 0 Å². The van der Waals surface area contributed by atoms with Crippen molar-refractivity contribution in [2.45, 2.75) is 19.9 Å². The first-order valence-electron chi connectivity index (χ1n) is 3.93. The Bertz CT molecular complexity index is 306. The minimum Gasteiger partial charge on any atom is -0.452 e. The number of halogens is 1. The van der Waals surface area contributed by atoms with Crippen LogP contribution in [0, 0.1) is 0 Å². The van der Waals surface area contributed by atoms with Crippen LogP contribution in [-0.2, 0) is 0 Å². The molecule has 0 amide bonds. The maximum Gasteiger partial charge on any atom is 0.203 e. The first-order valence-corrected chi connectivity index (χ1v) is 4.30. The van der Waals surface area contributed by atoms with E-state index in [4.69, 9.17) is 21.9 Å². The number of nitrogens with zero attached hydrogens (tertiary/aromatic N) is 1. The average molecular weight is 202 g/mol. The minimum atomic E-state index is 0.150. The lowest BCUT2D eigenvalue weighted by molar-refractivity contribution is 0.568. The summed E-state index contributed by atoms with van der Waals surface area (Å²) in [4.78, 5) is 4.23. The predicted molar refractivity (Wildman–Crippen MR) is 52.7 cm³/mol. The van der Waals surface area contributed by atoms with E-state index in [0.29, 0.717) is 11.4 Å². The van der Waals surface area contributed by atoms with Crippen molar-refractivity contribution in [3.8, 4) is 0 Å². The van der Waals surface area contributed by atoms with Crippen LogP contribution in [0.4, 0.5) is 0 Å². The van der Waals surface area contributed by atoms with E-state index < -0.39 is 0 Å². The van der Waals surface area contributed by atoms with Crippen molar-refractivity contribution >= 4 is 17.4 Å². The van der Waals surface area contributed by atoms with Crippen molar-refractivity contribution in [3.05, 3.63) is 23.1 Å². The predicted octanol–water partition coefficient (Wildman–Crippen LogP) is 1.55. The van der Waals surface area contributed by atoms with Crippen LogP contribution in [0.5, 0.6) is 0 Å². The summed E-state index contributed by atoms with van der Waals surface area (Å²) in [6, 6.07) is 1.86. The summed E-state index contributed by atoms with van der Waals surface area (Å²) >= 11 is 5.75. The van der Waals surface area contributed by atoms with Gasteiger partial charge in [0, 0.05) is 6.04 Å². The molecule has 1 rings (SSSR count). The topological polar surface area (TPSA) is 63.5 Å². The number of rotatable bonds is 2. The van der Waals surface area contributed by atoms with E-state index in [9.17, 15) is 0 Å². The van der Waals surface area contributed by atoms with Gasteiger partial charge in [0.05, 0.1) is 11.8 Å². The van der Waals surface area contributed by atoms with Crippen LogP contribution >= 0.6 is 11.6 Å². The maximum absolute atomic E-state index is 5.75. The van der Waals surface area contributed by atoms with Gasteiger partial charge < -0.3 is 9.84 Å². The third kappa shape index (κ3) is 2.47. The Hall–Kier alpha value is -1.00. The van der Waals surface area contributed by atoms with Crippen LogP contribution in [0.15, 0.2) is 21.7 Å². The summed E-state index contributed by atoms with van der Waals surface area (Å²) in [5.74, 6) is 5.84. The van der Waals surface area contributed by atoms with Crippen LogP contribution in [-0.4, -0.2) is 11.9 Å². The van der Waals surface area contributed by atoms with Crippen LogP contribution in [0.2, 0.25) is 5.22 Å². The van der Waals surface area contributed by atoms with E-state index in [2.05, 4.69) is 10.4 Å². The summed E-state index contributed by atoms with van der Waals surface area (Å²) in [5.41, 5.74) is 3.16. The van der Waals surface area contributed by atoms with Gasteiger partial charge in [-0.15, -0.1) is 0 Å². The maximum atomic E-state index is 5.75. The molecule has 4 nitrogen and oxygen atoms in total. The molecule has 1 aromatic heterocycles. The average Bonchev–Trinajstić information content (AvgIpc) is 2.47. The lowest BCUT2D eigenvalue weighted by Gasteiger charge is -2.05. The number of aliphatic imine (C=N–C) groups is 1. The summed E-state index contributed by atoms with van der Waals surface area (Å²) in [6.07, 6.45) is 1.49. The third-order valence-electron chi connectivity index (χ3n) is 1.40. The van der Waals surface area contributed by atoms with Gasteiger partial charge in [0.2, 0.25) is 5.22 Å². The largest absolute Gasteiger partial charge is 0.452 e. The summed E-state index contributed by atoms with van der Waals surface area (Å²) in [7, 11) is 0. The number of hydrogen-bond acceptors (Lipinski definition) is 3. The highest BCUT2D eigenvalue weighted by Gasteiger charge is 2.09. The number of amidine groups is 1. The van der Waals surface area contributed by atoms with Gasteiger partial charge in [0.25, 0.3) is 0 Å². The number of hydrogen-bond donors (Lipinski definition) is 2. The summed E-state index contributed by atoms with van der Waals surface area (Å²) in [5, 5.41) is 0.289. The molecule has 0 aliphatic heterocycles. The molecular weight excluding hydrogens is 190 g/mol. The van der Waals surface area contributed by atoms with Crippen molar-refractivity contribution in [1.29, 1.82) is 0 Å². The molecule has 1 heterocycles. The van der Waals surface area contributed by atoms with Gasteiger partial charge in [0.15, 0.2) is 0 Å². The quantitative estimate of drug-likeness (QED) is 0.330. The van der Waals surface area contributed by atoms with Gasteiger partial charge in [-0.1, -0.05) is 0 Å². The molecule has 0 radical (unpaired) electrons. The second kappa shape index (κ2) is 4.30. The zero-order chi connectivity index (χ0) is 9.84. The molecule has 1 aromatic rings. The van der Waals surface area contributed by atoms with Gasteiger partial charge >= 0.3 is 0 Å². The lowest BCUT2D eigenvalue weighted by atomic mass is 10.3. The molecule has 0 aliphatic rings. The first-order chi connectivity index (χ1) is 6.15. The van der Waals surface area contributed by atoms with Crippen molar-refractivity contribution in [2.24, 2.45) is 10.8 Å². The second-order valence-corrected chi connectivity index (χ2v) is 3.17. The van der Waals surface area contributed by atoms with Gasteiger partial charge in [-0.05, 0) is 31.5 Å². The molecule has 0 aliphatic carbocycles. The molecule has 0 bridgehead atoms.